The van der Waals surface area contributed by atoms with Crippen LogP contribution in [0.2, 0.25) is 19.1 Å². The molecule has 0 atom stereocenters. The lowest BCUT2D eigenvalue weighted by Crippen LogP contribution is -2.29. The number of rotatable bonds is 9. The van der Waals surface area contributed by atoms with Crippen LogP contribution in [0.15, 0.2) is 0 Å². The topological polar surface area (TPSA) is 9.23 Å². The molecule has 0 aliphatic rings. The highest BCUT2D eigenvalue weighted by Gasteiger charge is 2.18. The Morgan fingerprint density at radius 2 is 1.43 bits per heavy atom. The summed E-state index contributed by atoms with van der Waals surface area (Å²) in [7, 11) is -1.25. The van der Waals surface area contributed by atoms with Gasteiger partial charge in [-0.2, -0.15) is 0 Å². The number of unbranched alkanes of at least 4 members (excludes halogenated alkanes) is 5. The minimum atomic E-state index is -1.25. The van der Waals surface area contributed by atoms with E-state index in [1.165, 1.54) is 44.6 Å². The van der Waals surface area contributed by atoms with E-state index in [4.69, 9.17) is 4.43 Å². The van der Waals surface area contributed by atoms with Crippen LogP contribution in [-0.2, 0) is 4.43 Å². The molecular formula is C12H28OSi. The normalized spacial score (nSPS) is 12.0. The molecule has 0 amide bonds. The second-order valence-corrected chi connectivity index (χ2v) is 9.24. The molecule has 0 heterocycles. The molecule has 0 unspecified atom stereocenters. The Kier molecular flexibility index (Phi) is 8.59. The summed E-state index contributed by atoms with van der Waals surface area (Å²) < 4.78 is 5.92. The van der Waals surface area contributed by atoms with Gasteiger partial charge in [-0.3, -0.25) is 0 Å². The molecule has 2 heteroatoms. The van der Waals surface area contributed by atoms with E-state index in [-0.39, 0.29) is 0 Å². The Labute approximate surface area is 91.4 Å². The molecule has 0 aliphatic carbocycles. The Morgan fingerprint density at radius 1 is 0.857 bits per heavy atom. The number of hydrogen-bond acceptors (Lipinski definition) is 1. The van der Waals surface area contributed by atoms with Crippen LogP contribution in [0.25, 0.3) is 0 Å². The van der Waals surface area contributed by atoms with Gasteiger partial charge in [0.2, 0.25) is 0 Å². The van der Waals surface area contributed by atoms with E-state index in [9.17, 15) is 0 Å². The maximum absolute atomic E-state index is 5.92. The molecule has 0 bridgehead atoms. The highest BCUT2D eigenvalue weighted by molar-refractivity contribution is 6.71. The second-order valence-electron chi connectivity index (χ2n) is 4.73. The molecule has 86 valence electrons. The Balaban J connectivity index is 3.13. The van der Waals surface area contributed by atoms with Crippen LogP contribution in [0.3, 0.4) is 0 Å². The van der Waals surface area contributed by atoms with Gasteiger partial charge in [0.05, 0.1) is 0 Å². The molecule has 0 saturated heterocycles. The van der Waals surface area contributed by atoms with Gasteiger partial charge in [0.25, 0.3) is 0 Å². The highest BCUT2D eigenvalue weighted by atomic mass is 28.4. The van der Waals surface area contributed by atoms with E-state index in [2.05, 4.69) is 26.9 Å². The van der Waals surface area contributed by atoms with Gasteiger partial charge < -0.3 is 4.43 Å². The summed E-state index contributed by atoms with van der Waals surface area (Å²) in [6.45, 7) is 10.1. The molecule has 0 radical (unpaired) electrons. The minimum Gasteiger partial charge on any atom is -0.417 e. The van der Waals surface area contributed by atoms with Crippen LogP contribution in [0.1, 0.15) is 52.4 Å². The van der Waals surface area contributed by atoms with Crippen molar-refractivity contribution in [2.45, 2.75) is 71.5 Å². The maximum atomic E-state index is 5.92. The predicted octanol–water partition coefficient (Wildman–Crippen LogP) is 4.59. The second kappa shape index (κ2) is 8.48. The van der Waals surface area contributed by atoms with Crippen molar-refractivity contribution in [3.63, 3.8) is 0 Å². The standard InChI is InChI=1S/C12H28OSi/c1-5-7-8-9-10-11-12-13-14(3,4)6-2/h5-12H2,1-4H3. The SMILES string of the molecule is CCCCCCCCO[Si](C)(C)CC. The lowest BCUT2D eigenvalue weighted by Gasteiger charge is -2.20. The molecule has 14 heavy (non-hydrogen) atoms. The third-order valence-electron chi connectivity index (χ3n) is 2.84. The van der Waals surface area contributed by atoms with Gasteiger partial charge in [-0.05, 0) is 25.6 Å². The van der Waals surface area contributed by atoms with Crippen molar-refractivity contribution in [1.29, 1.82) is 0 Å². The fourth-order valence-corrected chi connectivity index (χ4v) is 2.23. The van der Waals surface area contributed by atoms with Crippen LogP contribution in [-0.4, -0.2) is 14.9 Å². The van der Waals surface area contributed by atoms with Gasteiger partial charge in [0.1, 0.15) is 0 Å². The molecule has 0 aromatic heterocycles. The molecular weight excluding hydrogens is 188 g/mol. The zero-order valence-corrected chi connectivity index (χ0v) is 11.6. The van der Waals surface area contributed by atoms with Crippen molar-refractivity contribution in [3.8, 4) is 0 Å². The summed E-state index contributed by atoms with van der Waals surface area (Å²) in [5.74, 6) is 0. The van der Waals surface area contributed by atoms with Crippen molar-refractivity contribution in [2.75, 3.05) is 6.61 Å². The van der Waals surface area contributed by atoms with E-state index in [0.29, 0.717) is 0 Å². The van der Waals surface area contributed by atoms with Crippen LogP contribution in [0.5, 0.6) is 0 Å². The summed E-state index contributed by atoms with van der Waals surface area (Å²) in [6, 6.07) is 1.24. The molecule has 0 N–H and O–H groups in total. The largest absolute Gasteiger partial charge is 0.417 e. The van der Waals surface area contributed by atoms with E-state index in [1.54, 1.807) is 0 Å². The van der Waals surface area contributed by atoms with Gasteiger partial charge in [0, 0.05) is 6.61 Å². The molecule has 0 fully saturated rings. The summed E-state index contributed by atoms with van der Waals surface area (Å²) in [5, 5.41) is 0. The third kappa shape index (κ3) is 8.76. The first-order valence-corrected chi connectivity index (χ1v) is 9.38. The Bertz CT molecular complexity index is 123. The van der Waals surface area contributed by atoms with E-state index in [1.807, 2.05) is 0 Å². The number of hydrogen-bond donors (Lipinski definition) is 0. The van der Waals surface area contributed by atoms with E-state index >= 15 is 0 Å². The van der Waals surface area contributed by atoms with Crippen molar-refractivity contribution in [3.05, 3.63) is 0 Å². The zero-order chi connectivity index (χ0) is 10.9. The average molecular weight is 216 g/mol. The monoisotopic (exact) mass is 216 g/mol. The molecule has 0 spiro atoms. The summed E-state index contributed by atoms with van der Waals surface area (Å²) >= 11 is 0. The molecule has 0 aliphatic heterocycles. The van der Waals surface area contributed by atoms with Crippen LogP contribution in [0.4, 0.5) is 0 Å². The first-order chi connectivity index (χ1) is 6.62. The molecule has 0 rings (SSSR count). The van der Waals surface area contributed by atoms with Gasteiger partial charge >= 0.3 is 0 Å². The average Bonchev–Trinajstić information content (AvgIpc) is 2.16. The quantitative estimate of drug-likeness (QED) is 0.405. The Hall–Kier alpha value is 0.177. The van der Waals surface area contributed by atoms with E-state index < -0.39 is 8.32 Å². The first kappa shape index (κ1) is 14.2. The highest BCUT2D eigenvalue weighted by Crippen LogP contribution is 2.11. The fraction of sp³-hybridized carbons (Fsp3) is 1.00. The van der Waals surface area contributed by atoms with Crippen LogP contribution < -0.4 is 0 Å². The van der Waals surface area contributed by atoms with Gasteiger partial charge in [-0.1, -0.05) is 46.0 Å². The van der Waals surface area contributed by atoms with Gasteiger partial charge in [-0.15, -0.1) is 0 Å². The molecule has 0 saturated carbocycles. The van der Waals surface area contributed by atoms with Crippen molar-refractivity contribution < 1.29 is 4.43 Å². The minimum absolute atomic E-state index is 0.999. The van der Waals surface area contributed by atoms with Crippen LogP contribution in [0, 0.1) is 0 Å². The summed E-state index contributed by atoms with van der Waals surface area (Å²) in [4.78, 5) is 0. The Morgan fingerprint density at radius 3 is 2.00 bits per heavy atom. The summed E-state index contributed by atoms with van der Waals surface area (Å²) in [6.07, 6.45) is 8.16. The zero-order valence-electron chi connectivity index (χ0n) is 10.6. The van der Waals surface area contributed by atoms with E-state index in [0.717, 1.165) is 6.61 Å². The fourth-order valence-electron chi connectivity index (χ4n) is 1.33. The van der Waals surface area contributed by atoms with Gasteiger partial charge in [0.15, 0.2) is 8.32 Å². The lowest BCUT2D eigenvalue weighted by atomic mass is 10.1. The van der Waals surface area contributed by atoms with Crippen molar-refractivity contribution in [1.82, 2.24) is 0 Å². The lowest BCUT2D eigenvalue weighted by molar-refractivity contribution is 0.295. The van der Waals surface area contributed by atoms with Crippen molar-refractivity contribution in [2.24, 2.45) is 0 Å². The molecule has 0 aromatic rings. The molecule has 0 aromatic carbocycles. The summed E-state index contributed by atoms with van der Waals surface area (Å²) in [5.41, 5.74) is 0. The molecule has 1 nitrogen and oxygen atoms in total. The van der Waals surface area contributed by atoms with Gasteiger partial charge in [-0.25, -0.2) is 0 Å². The van der Waals surface area contributed by atoms with Crippen molar-refractivity contribution >= 4 is 8.32 Å². The first-order valence-electron chi connectivity index (χ1n) is 6.26. The predicted molar refractivity (Wildman–Crippen MR) is 67.3 cm³/mol. The maximum Gasteiger partial charge on any atom is 0.186 e. The van der Waals surface area contributed by atoms with Crippen LogP contribution >= 0.6 is 0 Å². The third-order valence-corrected chi connectivity index (χ3v) is 5.53. The smallest absolute Gasteiger partial charge is 0.186 e.